The van der Waals surface area contributed by atoms with Crippen molar-refractivity contribution in [3.05, 3.63) is 24.0 Å². The van der Waals surface area contributed by atoms with Crippen LogP contribution in [0.4, 0.5) is 0 Å². The topological polar surface area (TPSA) is 26.0 Å². The van der Waals surface area contributed by atoms with Crippen LogP contribution in [0.3, 0.4) is 0 Å². The van der Waals surface area contributed by atoms with Crippen LogP contribution in [0.1, 0.15) is 0 Å². The zero-order valence-electron chi connectivity index (χ0n) is 5.96. The van der Waals surface area contributed by atoms with E-state index in [9.17, 15) is 0 Å². The molecule has 0 aromatic rings. The Kier molecular flexibility index (Phi) is 1.33. The molecule has 9 heavy (non-hydrogen) atoms. The molecule has 0 unspecified atom stereocenters. The molecule has 0 spiro atoms. The fourth-order valence-electron chi connectivity index (χ4n) is 0.798. The maximum Gasteiger partial charge on any atom is 0.198 e. The van der Waals surface area contributed by atoms with Crippen molar-refractivity contribution in [1.29, 1.82) is 0 Å². The maximum atomic E-state index is 5.69. The molecule has 0 amide bonds. The highest BCUT2D eigenvalue weighted by atomic mass is 15.4. The molecule has 1 aliphatic heterocycles. The number of nitrogens with zero attached hydrogens (tertiary/aromatic N) is 1. The molecule has 1 rings (SSSR count). The average molecular weight is 125 g/mol. The fourth-order valence-corrected chi connectivity index (χ4v) is 0.798. The van der Waals surface area contributed by atoms with Crippen molar-refractivity contribution in [2.24, 2.45) is 5.73 Å². The first-order valence-corrected chi connectivity index (χ1v) is 3.09. The van der Waals surface area contributed by atoms with E-state index in [1.807, 2.05) is 12.2 Å². The molecular formula is C7H13N2+. The minimum Gasteiger partial charge on any atom is -0.355 e. The third-order valence-electron chi connectivity index (χ3n) is 1.66. The van der Waals surface area contributed by atoms with Crippen molar-refractivity contribution in [2.75, 3.05) is 20.6 Å². The minimum absolute atomic E-state index is 0.788. The van der Waals surface area contributed by atoms with Gasteiger partial charge < -0.3 is 5.73 Å². The van der Waals surface area contributed by atoms with Gasteiger partial charge in [0.25, 0.3) is 0 Å². The van der Waals surface area contributed by atoms with Gasteiger partial charge in [-0.05, 0) is 6.08 Å². The van der Waals surface area contributed by atoms with Gasteiger partial charge in [0.2, 0.25) is 0 Å². The van der Waals surface area contributed by atoms with Gasteiger partial charge in [0.15, 0.2) is 5.82 Å². The molecule has 2 N–H and O–H groups in total. The molecular weight excluding hydrogens is 112 g/mol. The SMILES string of the molecule is C[N+]1(C)CC=CC=C1N. The van der Waals surface area contributed by atoms with E-state index in [-0.39, 0.29) is 0 Å². The lowest BCUT2D eigenvalue weighted by molar-refractivity contribution is -0.848. The Morgan fingerprint density at radius 1 is 1.56 bits per heavy atom. The normalized spacial score (nSPS) is 23.6. The van der Waals surface area contributed by atoms with E-state index in [1.54, 1.807) is 0 Å². The molecule has 0 radical (unpaired) electrons. The largest absolute Gasteiger partial charge is 0.355 e. The number of allylic oxidation sites excluding steroid dienone is 2. The van der Waals surface area contributed by atoms with Crippen molar-refractivity contribution in [2.45, 2.75) is 0 Å². The minimum atomic E-state index is 0.788. The summed E-state index contributed by atoms with van der Waals surface area (Å²) in [5.74, 6) is 0.928. The number of likely N-dealkylation sites (N-methyl/N-ethyl adjacent to an activating group) is 1. The molecule has 0 saturated heterocycles. The van der Waals surface area contributed by atoms with Crippen molar-refractivity contribution in [1.82, 2.24) is 0 Å². The first-order chi connectivity index (χ1) is 4.13. The van der Waals surface area contributed by atoms with Gasteiger partial charge in [0.05, 0.1) is 14.1 Å². The Bertz CT molecular complexity index is 166. The smallest absolute Gasteiger partial charge is 0.198 e. The van der Waals surface area contributed by atoms with Crippen molar-refractivity contribution >= 4 is 0 Å². The molecule has 0 saturated carbocycles. The molecule has 0 aromatic carbocycles. The van der Waals surface area contributed by atoms with E-state index in [4.69, 9.17) is 5.73 Å². The van der Waals surface area contributed by atoms with Gasteiger partial charge in [-0.2, -0.15) is 0 Å². The van der Waals surface area contributed by atoms with Gasteiger partial charge in [0.1, 0.15) is 6.54 Å². The van der Waals surface area contributed by atoms with E-state index in [0.29, 0.717) is 0 Å². The summed E-state index contributed by atoms with van der Waals surface area (Å²) >= 11 is 0. The van der Waals surface area contributed by atoms with Crippen molar-refractivity contribution < 1.29 is 4.48 Å². The van der Waals surface area contributed by atoms with E-state index < -0.39 is 0 Å². The second kappa shape index (κ2) is 1.88. The molecule has 0 aromatic heterocycles. The number of hydrogen-bond donors (Lipinski definition) is 1. The quantitative estimate of drug-likeness (QED) is 0.467. The van der Waals surface area contributed by atoms with Crippen molar-refractivity contribution in [3.63, 3.8) is 0 Å². The van der Waals surface area contributed by atoms with Gasteiger partial charge in [-0.15, -0.1) is 0 Å². The molecule has 2 nitrogen and oxygen atoms in total. The molecule has 50 valence electrons. The Morgan fingerprint density at radius 2 is 2.22 bits per heavy atom. The number of hydrogen-bond acceptors (Lipinski definition) is 1. The van der Waals surface area contributed by atoms with Crippen LogP contribution in [0.5, 0.6) is 0 Å². The fraction of sp³-hybridized carbons (Fsp3) is 0.429. The highest BCUT2D eigenvalue weighted by Gasteiger charge is 2.18. The highest BCUT2D eigenvalue weighted by Crippen LogP contribution is 2.09. The molecule has 0 bridgehead atoms. The first kappa shape index (κ1) is 6.36. The summed E-state index contributed by atoms with van der Waals surface area (Å²) in [5, 5.41) is 0. The summed E-state index contributed by atoms with van der Waals surface area (Å²) < 4.78 is 0.788. The summed E-state index contributed by atoms with van der Waals surface area (Å²) in [4.78, 5) is 0. The average Bonchev–Trinajstić information content (AvgIpc) is 1.77. The zero-order chi connectivity index (χ0) is 6.91. The Hall–Kier alpha value is -0.760. The van der Waals surface area contributed by atoms with Gasteiger partial charge in [-0.3, -0.25) is 4.48 Å². The number of quaternary nitrogens is 1. The maximum absolute atomic E-state index is 5.69. The van der Waals surface area contributed by atoms with Gasteiger partial charge in [0, 0.05) is 6.08 Å². The Labute approximate surface area is 55.9 Å². The third kappa shape index (κ3) is 1.13. The standard InChI is InChI=1S/C7H13N2/c1-9(2)6-4-3-5-7(9)8/h3-5H,6,8H2,1-2H3/q+1. The van der Waals surface area contributed by atoms with Crippen LogP contribution >= 0.6 is 0 Å². The molecule has 1 aliphatic rings. The summed E-state index contributed by atoms with van der Waals surface area (Å²) in [6.07, 6.45) is 6.07. The molecule has 1 heterocycles. The Balaban J connectivity index is 2.83. The lowest BCUT2D eigenvalue weighted by Gasteiger charge is -2.29. The number of nitrogens with two attached hydrogens (primary N) is 1. The van der Waals surface area contributed by atoms with Crippen LogP contribution in [0.15, 0.2) is 24.0 Å². The van der Waals surface area contributed by atoms with E-state index in [0.717, 1.165) is 16.8 Å². The number of rotatable bonds is 0. The predicted molar refractivity (Wildman–Crippen MR) is 38.4 cm³/mol. The van der Waals surface area contributed by atoms with Gasteiger partial charge in [-0.1, -0.05) is 6.08 Å². The first-order valence-electron chi connectivity index (χ1n) is 3.09. The van der Waals surface area contributed by atoms with E-state index in [1.165, 1.54) is 0 Å². The predicted octanol–water partition coefficient (Wildman–Crippen LogP) is 0.433. The van der Waals surface area contributed by atoms with Crippen LogP contribution in [0.25, 0.3) is 0 Å². The van der Waals surface area contributed by atoms with Crippen LogP contribution in [-0.4, -0.2) is 25.1 Å². The second-order valence-electron chi connectivity index (χ2n) is 2.89. The van der Waals surface area contributed by atoms with E-state index >= 15 is 0 Å². The van der Waals surface area contributed by atoms with Crippen LogP contribution in [-0.2, 0) is 0 Å². The van der Waals surface area contributed by atoms with Crippen LogP contribution in [0.2, 0.25) is 0 Å². The van der Waals surface area contributed by atoms with Gasteiger partial charge >= 0.3 is 0 Å². The van der Waals surface area contributed by atoms with Crippen LogP contribution in [0, 0.1) is 0 Å². The van der Waals surface area contributed by atoms with Gasteiger partial charge in [-0.25, -0.2) is 0 Å². The summed E-state index contributed by atoms with van der Waals surface area (Å²) in [6.45, 7) is 1.00. The second-order valence-corrected chi connectivity index (χ2v) is 2.89. The monoisotopic (exact) mass is 125 g/mol. The van der Waals surface area contributed by atoms with Crippen molar-refractivity contribution in [3.8, 4) is 0 Å². The Morgan fingerprint density at radius 3 is 2.56 bits per heavy atom. The third-order valence-corrected chi connectivity index (χ3v) is 1.66. The summed E-state index contributed by atoms with van der Waals surface area (Å²) in [7, 11) is 4.19. The molecule has 0 atom stereocenters. The summed E-state index contributed by atoms with van der Waals surface area (Å²) in [5.41, 5.74) is 5.69. The van der Waals surface area contributed by atoms with E-state index in [2.05, 4.69) is 20.2 Å². The molecule has 2 heteroatoms. The zero-order valence-corrected chi connectivity index (χ0v) is 5.96. The van der Waals surface area contributed by atoms with Crippen LogP contribution < -0.4 is 5.73 Å². The lowest BCUT2D eigenvalue weighted by atomic mass is 10.3. The molecule has 0 fully saturated rings. The lowest BCUT2D eigenvalue weighted by Crippen LogP contribution is -2.43. The molecule has 0 aliphatic carbocycles. The summed E-state index contributed by atoms with van der Waals surface area (Å²) in [6, 6.07) is 0. The highest BCUT2D eigenvalue weighted by molar-refractivity contribution is 5.08.